The van der Waals surface area contributed by atoms with Crippen molar-refractivity contribution in [1.29, 1.82) is 0 Å². The van der Waals surface area contributed by atoms with E-state index in [4.69, 9.17) is 4.74 Å². The number of aryl methyl sites for hydroxylation is 3. The van der Waals surface area contributed by atoms with Crippen LogP contribution in [0.2, 0.25) is 0 Å². The van der Waals surface area contributed by atoms with E-state index in [-0.39, 0.29) is 17.5 Å². The maximum absolute atomic E-state index is 13.1. The minimum Gasteiger partial charge on any atom is -0.426 e. The van der Waals surface area contributed by atoms with E-state index in [0.29, 0.717) is 42.0 Å². The number of alkyl halides is 3. The fourth-order valence-electron chi connectivity index (χ4n) is 3.98. The number of hydrogen-bond acceptors (Lipinski definition) is 6. The van der Waals surface area contributed by atoms with Crippen LogP contribution in [0.1, 0.15) is 35.4 Å². The fraction of sp³-hybridized carbons (Fsp3) is 0.429. The molecular weight excluding hydrogens is 411 g/mol. The molecule has 2 aromatic heterocycles. The second-order valence-corrected chi connectivity index (χ2v) is 7.89. The molecule has 1 aliphatic heterocycles. The molecule has 0 atom stereocenters. The Balaban J connectivity index is 1.45. The molecule has 0 spiro atoms. The third kappa shape index (κ3) is 4.19. The molecule has 3 heterocycles. The molecular formula is C21H22F3N5O2. The van der Waals surface area contributed by atoms with E-state index in [2.05, 4.69) is 15.3 Å². The Labute approximate surface area is 176 Å². The summed E-state index contributed by atoms with van der Waals surface area (Å²) in [4.78, 5) is 14.5. The molecule has 164 valence electrons. The van der Waals surface area contributed by atoms with Crippen molar-refractivity contribution in [2.24, 2.45) is 5.92 Å². The number of piperidine rings is 1. The first-order chi connectivity index (χ1) is 14.6. The van der Waals surface area contributed by atoms with Crippen LogP contribution in [0.4, 0.5) is 19.0 Å². The Bertz CT molecular complexity index is 1110. The summed E-state index contributed by atoms with van der Waals surface area (Å²) in [5.74, 6) is -0.740. The molecule has 0 radical (unpaired) electrons. The molecule has 3 aromatic rings. The van der Waals surface area contributed by atoms with Gasteiger partial charge in [0.25, 0.3) is 5.82 Å². The quantitative estimate of drug-likeness (QED) is 0.461. The highest BCUT2D eigenvalue weighted by atomic mass is 19.4. The van der Waals surface area contributed by atoms with Gasteiger partial charge in [0.2, 0.25) is 0 Å². The minimum atomic E-state index is -4.64. The van der Waals surface area contributed by atoms with Crippen LogP contribution in [0.3, 0.4) is 0 Å². The number of anilines is 1. The number of carbonyl (C=O) groups is 1. The van der Waals surface area contributed by atoms with Crippen molar-refractivity contribution in [3.05, 3.63) is 46.8 Å². The molecule has 0 saturated carbocycles. The second-order valence-electron chi connectivity index (χ2n) is 7.89. The van der Waals surface area contributed by atoms with E-state index in [0.717, 1.165) is 16.7 Å². The average Bonchev–Trinajstić information content (AvgIpc) is 3.14. The molecule has 1 saturated heterocycles. The van der Waals surface area contributed by atoms with Crippen molar-refractivity contribution >= 4 is 17.4 Å². The summed E-state index contributed by atoms with van der Waals surface area (Å²) in [6.45, 7) is 6.77. The van der Waals surface area contributed by atoms with Gasteiger partial charge < -0.3 is 9.64 Å². The van der Waals surface area contributed by atoms with Crippen LogP contribution in [0.5, 0.6) is 5.75 Å². The molecule has 1 aliphatic rings. The number of carbonyl (C=O) groups excluding carboxylic acids is 1. The van der Waals surface area contributed by atoms with Crippen molar-refractivity contribution in [2.75, 3.05) is 18.0 Å². The number of fused-ring (bicyclic) bond motifs is 1. The van der Waals surface area contributed by atoms with Gasteiger partial charge in [-0.3, -0.25) is 4.79 Å². The van der Waals surface area contributed by atoms with Gasteiger partial charge in [0, 0.05) is 13.1 Å². The third-order valence-electron chi connectivity index (χ3n) is 5.46. The van der Waals surface area contributed by atoms with Gasteiger partial charge in [-0.05, 0) is 56.9 Å². The highest BCUT2D eigenvalue weighted by molar-refractivity contribution is 5.76. The van der Waals surface area contributed by atoms with Crippen molar-refractivity contribution < 1.29 is 22.7 Å². The number of halogens is 3. The molecule has 0 amide bonds. The van der Waals surface area contributed by atoms with Crippen LogP contribution < -0.4 is 9.64 Å². The van der Waals surface area contributed by atoms with Gasteiger partial charge in [-0.25, -0.2) is 0 Å². The van der Waals surface area contributed by atoms with E-state index >= 15 is 0 Å². The SMILES string of the molecule is Cc1cc(C)c(OC(=O)C2CCN(c3ccc4nnc(C(F)(F)F)n4n3)CC2)c(C)c1. The van der Waals surface area contributed by atoms with Crippen molar-refractivity contribution in [3.8, 4) is 5.75 Å². The van der Waals surface area contributed by atoms with E-state index in [9.17, 15) is 18.0 Å². The predicted molar refractivity (Wildman–Crippen MR) is 107 cm³/mol. The second kappa shape index (κ2) is 7.82. The van der Waals surface area contributed by atoms with Crippen LogP contribution in [-0.2, 0) is 11.0 Å². The molecule has 1 aromatic carbocycles. The van der Waals surface area contributed by atoms with Crippen LogP contribution in [0.15, 0.2) is 24.3 Å². The zero-order valence-electron chi connectivity index (χ0n) is 17.4. The normalized spacial score (nSPS) is 15.5. The summed E-state index contributed by atoms with van der Waals surface area (Å²) >= 11 is 0. The van der Waals surface area contributed by atoms with E-state index in [1.54, 1.807) is 6.07 Å². The summed E-state index contributed by atoms with van der Waals surface area (Å²) in [5.41, 5.74) is 2.96. The molecule has 0 unspecified atom stereocenters. The van der Waals surface area contributed by atoms with Gasteiger partial charge in [-0.15, -0.1) is 15.3 Å². The maximum Gasteiger partial charge on any atom is 0.453 e. The van der Waals surface area contributed by atoms with E-state index < -0.39 is 12.0 Å². The highest BCUT2D eigenvalue weighted by Crippen LogP contribution is 2.30. The standard InChI is InChI=1S/C21H22F3N5O2/c1-12-10-13(2)18(14(3)11-12)31-19(30)15-6-8-28(9-7-15)17-5-4-16-25-26-20(21(22,23)24)29(16)27-17/h4-5,10-11,15H,6-9H2,1-3H3. The molecule has 10 heteroatoms. The number of esters is 1. The molecule has 31 heavy (non-hydrogen) atoms. The van der Waals surface area contributed by atoms with Crippen LogP contribution >= 0.6 is 0 Å². The van der Waals surface area contributed by atoms with E-state index in [1.807, 2.05) is 37.8 Å². The Morgan fingerprint density at radius 2 is 1.71 bits per heavy atom. The number of rotatable bonds is 3. The van der Waals surface area contributed by atoms with Crippen molar-refractivity contribution in [1.82, 2.24) is 19.8 Å². The number of hydrogen-bond donors (Lipinski definition) is 0. The van der Waals surface area contributed by atoms with Gasteiger partial charge >= 0.3 is 12.1 Å². The summed E-state index contributed by atoms with van der Waals surface area (Å²) in [5, 5.41) is 10.8. The Kier molecular flexibility index (Phi) is 5.32. The summed E-state index contributed by atoms with van der Waals surface area (Å²) in [7, 11) is 0. The van der Waals surface area contributed by atoms with Gasteiger partial charge in [-0.2, -0.15) is 17.7 Å². The van der Waals surface area contributed by atoms with Gasteiger partial charge in [0.1, 0.15) is 11.6 Å². The molecule has 0 N–H and O–H groups in total. The molecule has 4 rings (SSSR count). The highest BCUT2D eigenvalue weighted by Gasteiger charge is 2.38. The summed E-state index contributed by atoms with van der Waals surface area (Å²) in [6.07, 6.45) is -3.60. The summed E-state index contributed by atoms with van der Waals surface area (Å²) < 4.78 is 45.7. The lowest BCUT2D eigenvalue weighted by molar-refractivity contribution is -0.146. The van der Waals surface area contributed by atoms with E-state index in [1.165, 1.54) is 6.07 Å². The zero-order chi connectivity index (χ0) is 22.3. The molecule has 1 fully saturated rings. The minimum absolute atomic E-state index is 0.0263. The lowest BCUT2D eigenvalue weighted by Gasteiger charge is -2.31. The lowest BCUT2D eigenvalue weighted by Crippen LogP contribution is -2.38. The van der Waals surface area contributed by atoms with Gasteiger partial charge in [0.15, 0.2) is 5.65 Å². The topological polar surface area (TPSA) is 72.6 Å². The van der Waals surface area contributed by atoms with Crippen LogP contribution in [0.25, 0.3) is 5.65 Å². The predicted octanol–water partition coefficient (Wildman–Crippen LogP) is 3.89. The Morgan fingerprint density at radius 3 is 2.32 bits per heavy atom. The van der Waals surface area contributed by atoms with Crippen LogP contribution in [0, 0.1) is 26.7 Å². The molecule has 0 aliphatic carbocycles. The zero-order valence-corrected chi connectivity index (χ0v) is 17.4. The first kappa shape index (κ1) is 21.1. The van der Waals surface area contributed by atoms with Gasteiger partial charge in [-0.1, -0.05) is 17.7 Å². The van der Waals surface area contributed by atoms with Crippen LogP contribution in [-0.4, -0.2) is 38.9 Å². The Hall–Kier alpha value is -3.17. The van der Waals surface area contributed by atoms with Crippen molar-refractivity contribution in [3.63, 3.8) is 0 Å². The molecule has 0 bridgehead atoms. The molecule has 7 nitrogen and oxygen atoms in total. The lowest BCUT2D eigenvalue weighted by atomic mass is 9.97. The van der Waals surface area contributed by atoms with Gasteiger partial charge in [0.05, 0.1) is 5.92 Å². The fourth-order valence-corrected chi connectivity index (χ4v) is 3.98. The number of nitrogens with zero attached hydrogens (tertiary/aromatic N) is 5. The largest absolute Gasteiger partial charge is 0.453 e. The Morgan fingerprint density at radius 1 is 1.06 bits per heavy atom. The third-order valence-corrected chi connectivity index (χ3v) is 5.46. The van der Waals surface area contributed by atoms with Crippen molar-refractivity contribution in [2.45, 2.75) is 39.8 Å². The average molecular weight is 433 g/mol. The summed E-state index contributed by atoms with van der Waals surface area (Å²) in [6, 6.07) is 7.01. The smallest absolute Gasteiger partial charge is 0.426 e. The first-order valence-electron chi connectivity index (χ1n) is 9.97. The first-order valence-corrected chi connectivity index (χ1v) is 9.97. The number of ether oxygens (including phenoxy) is 1. The maximum atomic E-state index is 13.1. The monoisotopic (exact) mass is 433 g/mol. The number of aromatic nitrogens is 4. The number of benzene rings is 1.